The zero-order chi connectivity index (χ0) is 11.3. The predicted molar refractivity (Wildman–Crippen MR) is 51.6 cm³/mol. The van der Waals surface area contributed by atoms with Crippen molar-refractivity contribution in [2.24, 2.45) is 5.73 Å². The van der Waals surface area contributed by atoms with E-state index in [1.165, 1.54) is 6.33 Å². The number of H-pyrrole nitrogens is 1. The first kappa shape index (κ1) is 10.8. The Kier molecular flexibility index (Phi) is 3.49. The molecular formula is C7H11N5O3. The van der Waals surface area contributed by atoms with E-state index in [9.17, 15) is 9.59 Å². The quantitative estimate of drug-likeness (QED) is 0.408. The van der Waals surface area contributed by atoms with Crippen molar-refractivity contribution in [1.82, 2.24) is 15.3 Å². The van der Waals surface area contributed by atoms with E-state index < -0.39 is 12.0 Å². The van der Waals surface area contributed by atoms with Gasteiger partial charge in [-0.1, -0.05) is 0 Å². The lowest BCUT2D eigenvalue weighted by Gasteiger charge is -2.03. The van der Waals surface area contributed by atoms with Crippen LogP contribution in [-0.4, -0.2) is 40.2 Å². The molecule has 0 aromatic carbocycles. The molecule has 0 aliphatic carbocycles. The number of carbonyl (C=O) groups is 2. The smallest absolute Gasteiger partial charge is 0.404 e. The van der Waals surface area contributed by atoms with E-state index in [-0.39, 0.29) is 12.2 Å². The molecule has 0 unspecified atom stereocenters. The van der Waals surface area contributed by atoms with Gasteiger partial charge in [0.1, 0.15) is 5.69 Å². The van der Waals surface area contributed by atoms with Crippen LogP contribution in [0, 0.1) is 0 Å². The summed E-state index contributed by atoms with van der Waals surface area (Å²) in [5, 5.41) is 13.2. The van der Waals surface area contributed by atoms with E-state index in [0.717, 1.165) is 0 Å². The van der Waals surface area contributed by atoms with Gasteiger partial charge in [0.05, 0.1) is 6.33 Å². The molecule has 0 saturated carbocycles. The third-order valence-electron chi connectivity index (χ3n) is 1.58. The fourth-order valence-electron chi connectivity index (χ4n) is 0.966. The van der Waals surface area contributed by atoms with Crippen molar-refractivity contribution >= 4 is 17.8 Å². The Balaban J connectivity index is 2.40. The summed E-state index contributed by atoms with van der Waals surface area (Å²) in [6.45, 7) is 0.526. The van der Waals surface area contributed by atoms with Crippen LogP contribution < -0.4 is 16.4 Å². The van der Waals surface area contributed by atoms with E-state index in [1.54, 1.807) is 0 Å². The summed E-state index contributed by atoms with van der Waals surface area (Å²) in [7, 11) is 0. The van der Waals surface area contributed by atoms with Crippen LogP contribution in [0.25, 0.3) is 0 Å². The van der Waals surface area contributed by atoms with Crippen LogP contribution in [0.4, 0.5) is 10.6 Å². The number of hydrogen-bond acceptors (Lipinski definition) is 4. The highest BCUT2D eigenvalue weighted by Crippen LogP contribution is 2.06. The monoisotopic (exact) mass is 213 g/mol. The number of primary amides is 1. The van der Waals surface area contributed by atoms with Crippen LogP contribution in [0.1, 0.15) is 10.5 Å². The minimum atomic E-state index is -1.10. The van der Waals surface area contributed by atoms with Crippen LogP contribution in [0.5, 0.6) is 0 Å². The largest absolute Gasteiger partial charge is 0.465 e. The zero-order valence-corrected chi connectivity index (χ0v) is 7.78. The highest BCUT2D eigenvalue weighted by molar-refractivity contribution is 5.95. The Morgan fingerprint density at radius 2 is 2.27 bits per heavy atom. The van der Waals surface area contributed by atoms with Crippen molar-refractivity contribution in [2.75, 3.05) is 18.4 Å². The van der Waals surface area contributed by atoms with Crippen molar-refractivity contribution in [1.29, 1.82) is 0 Å². The maximum absolute atomic E-state index is 10.8. The van der Waals surface area contributed by atoms with Gasteiger partial charge in [0, 0.05) is 13.1 Å². The van der Waals surface area contributed by atoms with Crippen molar-refractivity contribution in [3.63, 3.8) is 0 Å². The van der Waals surface area contributed by atoms with Gasteiger partial charge < -0.3 is 26.5 Å². The second-order valence-electron chi connectivity index (χ2n) is 2.65. The van der Waals surface area contributed by atoms with Crippen molar-refractivity contribution in [3.05, 3.63) is 12.0 Å². The average Bonchev–Trinajstić information content (AvgIpc) is 2.60. The molecule has 0 radical (unpaired) electrons. The van der Waals surface area contributed by atoms with Gasteiger partial charge in [-0.25, -0.2) is 9.78 Å². The normalized spacial score (nSPS) is 9.60. The molecule has 0 saturated heterocycles. The molecule has 2 amide bonds. The second-order valence-corrected chi connectivity index (χ2v) is 2.65. The van der Waals surface area contributed by atoms with E-state index >= 15 is 0 Å². The van der Waals surface area contributed by atoms with Crippen molar-refractivity contribution in [2.45, 2.75) is 0 Å². The van der Waals surface area contributed by atoms with Gasteiger partial charge in [-0.15, -0.1) is 0 Å². The second kappa shape index (κ2) is 4.84. The number of hydrogen-bond donors (Lipinski definition) is 5. The topological polar surface area (TPSA) is 133 Å². The molecule has 0 atom stereocenters. The summed E-state index contributed by atoms with van der Waals surface area (Å²) < 4.78 is 0. The van der Waals surface area contributed by atoms with Crippen molar-refractivity contribution < 1.29 is 14.7 Å². The van der Waals surface area contributed by atoms with Crippen LogP contribution in [0.3, 0.4) is 0 Å². The predicted octanol–water partition coefficient (Wildman–Crippen LogP) is -0.812. The summed E-state index contributed by atoms with van der Waals surface area (Å²) in [6, 6.07) is 0. The third kappa shape index (κ3) is 3.18. The maximum atomic E-state index is 10.8. The van der Waals surface area contributed by atoms with Crippen molar-refractivity contribution in [3.8, 4) is 0 Å². The van der Waals surface area contributed by atoms with Crippen LogP contribution in [0.15, 0.2) is 6.33 Å². The first-order chi connectivity index (χ1) is 7.11. The van der Waals surface area contributed by atoms with Gasteiger partial charge >= 0.3 is 6.09 Å². The SMILES string of the molecule is NC(=O)c1[nH]cnc1NCCNC(=O)O. The number of imidazole rings is 1. The van der Waals surface area contributed by atoms with E-state index in [0.29, 0.717) is 12.4 Å². The van der Waals surface area contributed by atoms with Gasteiger partial charge in [-0.05, 0) is 0 Å². The fourth-order valence-corrected chi connectivity index (χ4v) is 0.966. The van der Waals surface area contributed by atoms with E-state index in [2.05, 4.69) is 20.6 Å². The Bertz CT molecular complexity index is 361. The molecular weight excluding hydrogens is 202 g/mol. The average molecular weight is 213 g/mol. The number of aromatic amines is 1. The molecule has 0 bridgehead atoms. The summed E-state index contributed by atoms with van der Waals surface area (Å²) in [4.78, 5) is 27.3. The first-order valence-corrected chi connectivity index (χ1v) is 4.15. The molecule has 0 aliphatic rings. The maximum Gasteiger partial charge on any atom is 0.404 e. The highest BCUT2D eigenvalue weighted by atomic mass is 16.4. The molecule has 0 aliphatic heterocycles. The molecule has 1 heterocycles. The Hall–Kier alpha value is -2.25. The number of amides is 2. The molecule has 6 N–H and O–H groups in total. The lowest BCUT2D eigenvalue weighted by Crippen LogP contribution is -2.27. The lowest BCUT2D eigenvalue weighted by atomic mass is 10.4. The van der Waals surface area contributed by atoms with E-state index in [4.69, 9.17) is 10.8 Å². The number of nitrogens with one attached hydrogen (secondary N) is 3. The number of carbonyl (C=O) groups excluding carboxylic acids is 1. The van der Waals surface area contributed by atoms with Gasteiger partial charge in [-0.2, -0.15) is 0 Å². The number of aromatic nitrogens is 2. The first-order valence-electron chi connectivity index (χ1n) is 4.15. The molecule has 15 heavy (non-hydrogen) atoms. The molecule has 82 valence electrons. The minimum absolute atomic E-state index is 0.172. The van der Waals surface area contributed by atoms with Gasteiger partial charge in [-0.3, -0.25) is 4.79 Å². The van der Waals surface area contributed by atoms with E-state index in [1.807, 2.05) is 0 Å². The van der Waals surface area contributed by atoms with Crippen LogP contribution >= 0.6 is 0 Å². The lowest BCUT2D eigenvalue weighted by molar-refractivity contribution is 0.0996. The number of nitrogens with two attached hydrogens (primary N) is 1. The number of carboxylic acid groups (broad SMARTS) is 1. The Labute approximate surface area is 84.9 Å². The summed E-state index contributed by atoms with van der Waals surface area (Å²) >= 11 is 0. The third-order valence-corrected chi connectivity index (χ3v) is 1.58. The molecule has 1 rings (SSSR count). The Morgan fingerprint density at radius 3 is 2.87 bits per heavy atom. The number of anilines is 1. The summed E-state index contributed by atoms with van der Waals surface area (Å²) in [5.74, 6) is -0.309. The number of rotatable bonds is 5. The molecule has 1 aromatic rings. The van der Waals surface area contributed by atoms with Gasteiger partial charge in [0.2, 0.25) is 0 Å². The minimum Gasteiger partial charge on any atom is -0.465 e. The summed E-state index contributed by atoms with van der Waals surface area (Å²) in [6.07, 6.45) is 0.224. The van der Waals surface area contributed by atoms with Crippen LogP contribution in [0.2, 0.25) is 0 Å². The molecule has 1 aromatic heterocycles. The number of nitrogens with zero attached hydrogens (tertiary/aromatic N) is 1. The zero-order valence-electron chi connectivity index (χ0n) is 7.78. The molecule has 8 nitrogen and oxygen atoms in total. The highest BCUT2D eigenvalue weighted by Gasteiger charge is 2.09. The summed E-state index contributed by atoms with van der Waals surface area (Å²) in [5.41, 5.74) is 5.22. The molecule has 8 heteroatoms. The standard InChI is InChI=1S/C7H11N5O3/c8-5(13)4-6(12-3-11-4)9-1-2-10-7(14)15/h3,9-10H,1-2H2,(H2,8,13)(H,11,12)(H,14,15). The fraction of sp³-hybridized carbons (Fsp3) is 0.286. The molecule has 0 fully saturated rings. The van der Waals surface area contributed by atoms with Gasteiger partial charge in [0.15, 0.2) is 5.82 Å². The molecule has 0 spiro atoms. The Morgan fingerprint density at radius 1 is 1.53 bits per heavy atom. The van der Waals surface area contributed by atoms with Crippen LogP contribution in [-0.2, 0) is 0 Å². The van der Waals surface area contributed by atoms with Gasteiger partial charge in [0.25, 0.3) is 5.91 Å².